The summed E-state index contributed by atoms with van der Waals surface area (Å²) in [5, 5.41) is 2.43. The van der Waals surface area contributed by atoms with Crippen molar-refractivity contribution in [2.45, 2.75) is 39.2 Å². The van der Waals surface area contributed by atoms with Crippen LogP contribution in [-0.4, -0.2) is 24.5 Å². The lowest BCUT2D eigenvalue weighted by molar-refractivity contribution is -0.154. The minimum Gasteiger partial charge on any atom is -0.496 e. The van der Waals surface area contributed by atoms with Gasteiger partial charge in [0.15, 0.2) is 5.78 Å². The minimum absolute atomic E-state index is 0.112. The number of hydrogen-bond donors (Lipinski definition) is 0. The third kappa shape index (κ3) is 4.24. The number of furan rings is 1. The molecular formula is C27H26O5. The fourth-order valence-electron chi connectivity index (χ4n) is 3.87. The van der Waals surface area contributed by atoms with Crippen LogP contribution in [0.15, 0.2) is 65.1 Å². The van der Waals surface area contributed by atoms with Crippen LogP contribution in [0.4, 0.5) is 0 Å². The number of ether oxygens (including phenoxy) is 2. The smallest absolute Gasteiger partial charge is 0.306 e. The summed E-state index contributed by atoms with van der Waals surface area (Å²) in [7, 11) is 1.61. The van der Waals surface area contributed by atoms with E-state index >= 15 is 0 Å². The number of fused-ring (bicyclic) bond motifs is 3. The summed E-state index contributed by atoms with van der Waals surface area (Å²) in [6, 6.07) is 18.7. The van der Waals surface area contributed by atoms with Crippen molar-refractivity contribution in [3.05, 3.63) is 77.6 Å². The van der Waals surface area contributed by atoms with Gasteiger partial charge in [0, 0.05) is 28.1 Å². The van der Waals surface area contributed by atoms with E-state index in [-0.39, 0.29) is 24.6 Å². The molecule has 32 heavy (non-hydrogen) atoms. The highest BCUT2D eigenvalue weighted by Gasteiger charge is 2.26. The van der Waals surface area contributed by atoms with Gasteiger partial charge in [0.05, 0.1) is 19.1 Å². The van der Waals surface area contributed by atoms with Gasteiger partial charge >= 0.3 is 5.97 Å². The van der Waals surface area contributed by atoms with Gasteiger partial charge in [-0.15, -0.1) is 0 Å². The van der Waals surface area contributed by atoms with Crippen molar-refractivity contribution in [2.24, 2.45) is 0 Å². The largest absolute Gasteiger partial charge is 0.496 e. The molecule has 4 aromatic rings. The maximum atomic E-state index is 13.5. The zero-order valence-corrected chi connectivity index (χ0v) is 18.7. The maximum absolute atomic E-state index is 13.5. The molecule has 0 bridgehead atoms. The lowest BCUT2D eigenvalue weighted by Crippen LogP contribution is -2.24. The van der Waals surface area contributed by atoms with Gasteiger partial charge in [-0.05, 0) is 26.8 Å². The van der Waals surface area contributed by atoms with E-state index in [2.05, 4.69) is 0 Å². The first-order valence-corrected chi connectivity index (χ1v) is 10.6. The van der Waals surface area contributed by atoms with Crippen molar-refractivity contribution in [2.75, 3.05) is 7.11 Å². The highest BCUT2D eigenvalue weighted by Crippen LogP contribution is 2.39. The normalized spacial score (nSPS) is 11.6. The highest BCUT2D eigenvalue weighted by molar-refractivity contribution is 6.21. The minimum atomic E-state index is -0.572. The summed E-state index contributed by atoms with van der Waals surface area (Å²) in [5.41, 5.74) is 1.05. The number of benzene rings is 3. The second-order valence-electron chi connectivity index (χ2n) is 8.68. The highest BCUT2D eigenvalue weighted by atomic mass is 16.6. The number of methoxy groups -OCH3 is 1. The number of rotatable bonds is 6. The van der Waals surface area contributed by atoms with E-state index in [4.69, 9.17) is 13.9 Å². The predicted octanol–water partition coefficient (Wildman–Crippen LogP) is 6.10. The van der Waals surface area contributed by atoms with Crippen molar-refractivity contribution in [1.29, 1.82) is 0 Å². The molecule has 4 rings (SSSR count). The van der Waals surface area contributed by atoms with Crippen LogP contribution >= 0.6 is 0 Å². The van der Waals surface area contributed by atoms with Crippen molar-refractivity contribution >= 4 is 33.5 Å². The van der Waals surface area contributed by atoms with Crippen LogP contribution in [0.2, 0.25) is 0 Å². The van der Waals surface area contributed by atoms with Gasteiger partial charge in [0.1, 0.15) is 22.7 Å². The van der Waals surface area contributed by atoms with Gasteiger partial charge in [0.2, 0.25) is 0 Å². The molecule has 164 valence electrons. The van der Waals surface area contributed by atoms with Crippen LogP contribution < -0.4 is 4.74 Å². The van der Waals surface area contributed by atoms with E-state index in [9.17, 15) is 9.59 Å². The average Bonchev–Trinajstić information content (AvgIpc) is 3.14. The zero-order valence-electron chi connectivity index (χ0n) is 18.7. The first-order chi connectivity index (χ1) is 15.3. The Labute approximate surface area is 186 Å². The lowest BCUT2D eigenvalue weighted by Gasteiger charge is -2.19. The Morgan fingerprint density at radius 2 is 1.56 bits per heavy atom. The Balaban J connectivity index is 1.87. The summed E-state index contributed by atoms with van der Waals surface area (Å²) >= 11 is 0. The second kappa shape index (κ2) is 8.50. The number of hydrogen-bond acceptors (Lipinski definition) is 5. The van der Waals surface area contributed by atoms with Crippen LogP contribution in [0.3, 0.4) is 0 Å². The number of carbonyl (C=O) groups is 2. The molecule has 1 aromatic heterocycles. The fourth-order valence-corrected chi connectivity index (χ4v) is 3.87. The standard InChI is InChI=1S/C27H26O5/c1-27(2,3)32-23(28)15-14-21-24(25(29)17-10-6-5-7-11-17)20-16-22(30-4)18-12-8-9-13-19(18)26(20)31-21/h5-13,16H,14-15H2,1-4H3. The molecule has 0 saturated carbocycles. The summed E-state index contributed by atoms with van der Waals surface area (Å²) in [6.07, 6.45) is 0.370. The molecule has 0 fully saturated rings. The van der Waals surface area contributed by atoms with Crippen molar-refractivity contribution < 1.29 is 23.5 Å². The first-order valence-electron chi connectivity index (χ1n) is 10.6. The molecule has 0 unspecified atom stereocenters. The maximum Gasteiger partial charge on any atom is 0.306 e. The Hall–Kier alpha value is -3.60. The van der Waals surface area contributed by atoms with Gasteiger partial charge in [-0.1, -0.05) is 54.6 Å². The molecule has 5 nitrogen and oxygen atoms in total. The van der Waals surface area contributed by atoms with Crippen LogP contribution in [0, 0.1) is 0 Å². The topological polar surface area (TPSA) is 65.7 Å². The number of carbonyl (C=O) groups excluding carboxylic acids is 2. The molecular weight excluding hydrogens is 404 g/mol. The second-order valence-corrected chi connectivity index (χ2v) is 8.68. The summed E-state index contributed by atoms with van der Waals surface area (Å²) < 4.78 is 17.3. The van der Waals surface area contributed by atoms with Crippen molar-refractivity contribution in [1.82, 2.24) is 0 Å². The molecule has 0 radical (unpaired) electrons. The monoisotopic (exact) mass is 430 g/mol. The predicted molar refractivity (Wildman–Crippen MR) is 124 cm³/mol. The Morgan fingerprint density at radius 3 is 2.22 bits per heavy atom. The van der Waals surface area contributed by atoms with Crippen molar-refractivity contribution in [3.8, 4) is 5.75 Å². The number of esters is 1. The molecule has 5 heteroatoms. The summed E-state index contributed by atoms with van der Waals surface area (Å²) in [4.78, 5) is 25.9. The van der Waals surface area contributed by atoms with Crippen LogP contribution in [0.1, 0.15) is 48.9 Å². The molecule has 0 aliphatic carbocycles. The molecule has 3 aromatic carbocycles. The Morgan fingerprint density at radius 1 is 0.906 bits per heavy atom. The molecule has 0 atom stereocenters. The lowest BCUT2D eigenvalue weighted by atomic mass is 9.97. The van der Waals surface area contributed by atoms with E-state index in [0.717, 1.165) is 10.8 Å². The molecule has 0 saturated heterocycles. The van der Waals surface area contributed by atoms with E-state index in [1.165, 1.54) is 0 Å². The van der Waals surface area contributed by atoms with E-state index < -0.39 is 5.60 Å². The van der Waals surface area contributed by atoms with E-state index in [0.29, 0.717) is 33.6 Å². The van der Waals surface area contributed by atoms with E-state index in [1.807, 2.05) is 69.3 Å². The van der Waals surface area contributed by atoms with Gasteiger partial charge in [0.25, 0.3) is 0 Å². The number of aryl methyl sites for hydroxylation is 1. The van der Waals surface area contributed by atoms with E-state index in [1.54, 1.807) is 19.2 Å². The van der Waals surface area contributed by atoms with Crippen LogP contribution in [0.25, 0.3) is 21.7 Å². The first kappa shape index (κ1) is 21.6. The third-order valence-electron chi connectivity index (χ3n) is 5.19. The zero-order chi connectivity index (χ0) is 22.9. The summed E-state index contributed by atoms with van der Waals surface area (Å²) in [6.45, 7) is 5.48. The van der Waals surface area contributed by atoms with Gasteiger partial charge in [-0.3, -0.25) is 9.59 Å². The fraction of sp³-hybridized carbons (Fsp3) is 0.259. The average molecular weight is 431 g/mol. The van der Waals surface area contributed by atoms with Crippen LogP contribution in [0.5, 0.6) is 5.75 Å². The SMILES string of the molecule is COc1cc2c(C(=O)c3ccccc3)c(CCC(=O)OC(C)(C)C)oc2c2ccccc12. The summed E-state index contributed by atoms with van der Waals surface area (Å²) in [5.74, 6) is 0.646. The molecule has 0 aliphatic rings. The molecule has 0 spiro atoms. The molecule has 0 N–H and O–H groups in total. The quantitative estimate of drug-likeness (QED) is 0.273. The van der Waals surface area contributed by atoms with Gasteiger partial charge in [-0.2, -0.15) is 0 Å². The Kier molecular flexibility index (Phi) is 5.74. The Bertz CT molecular complexity index is 1290. The number of ketones is 1. The van der Waals surface area contributed by atoms with Gasteiger partial charge < -0.3 is 13.9 Å². The molecule has 0 amide bonds. The van der Waals surface area contributed by atoms with Crippen LogP contribution in [-0.2, 0) is 16.0 Å². The van der Waals surface area contributed by atoms with Crippen molar-refractivity contribution in [3.63, 3.8) is 0 Å². The van der Waals surface area contributed by atoms with Gasteiger partial charge in [-0.25, -0.2) is 0 Å². The third-order valence-corrected chi connectivity index (χ3v) is 5.19. The molecule has 1 heterocycles. The molecule has 0 aliphatic heterocycles.